The Kier molecular flexibility index (Phi) is 8.58. The molecule has 2 unspecified atom stereocenters. The quantitative estimate of drug-likeness (QED) is 0.528. The second-order valence-electron chi connectivity index (χ2n) is 9.44. The molecule has 1 aromatic carbocycles. The summed E-state index contributed by atoms with van der Waals surface area (Å²) in [6, 6.07) is 10.4. The van der Waals surface area contributed by atoms with E-state index in [1.807, 2.05) is 18.2 Å². The van der Waals surface area contributed by atoms with Gasteiger partial charge in [-0.1, -0.05) is 56.4 Å². The van der Waals surface area contributed by atoms with Crippen molar-refractivity contribution in [3.8, 4) is 0 Å². The van der Waals surface area contributed by atoms with Gasteiger partial charge >= 0.3 is 6.03 Å². The molecule has 2 fully saturated rings. The number of para-hydroxylation sites is 1. The average molecular weight is 512 g/mol. The lowest BCUT2D eigenvalue weighted by Gasteiger charge is -2.40. The number of hydrogen-bond acceptors (Lipinski definition) is 5. The van der Waals surface area contributed by atoms with Gasteiger partial charge in [0.2, 0.25) is 11.8 Å². The predicted molar refractivity (Wildman–Crippen MR) is 138 cm³/mol. The van der Waals surface area contributed by atoms with Gasteiger partial charge < -0.3 is 26.2 Å². The maximum Gasteiger partial charge on any atom is 0.321 e. The second-order valence-corrected chi connectivity index (χ2v) is 10.4. The molecule has 2 aliphatic rings. The van der Waals surface area contributed by atoms with E-state index in [4.69, 9.17) is 5.73 Å². The first kappa shape index (κ1) is 25.7. The number of nitrogens with two attached hydrogens (primary N) is 1. The van der Waals surface area contributed by atoms with Crippen LogP contribution in [0.1, 0.15) is 48.2 Å². The van der Waals surface area contributed by atoms with Crippen molar-refractivity contribution in [1.82, 2.24) is 15.1 Å². The molecule has 0 radical (unpaired) electrons. The van der Waals surface area contributed by atoms with Gasteiger partial charge in [-0.3, -0.25) is 14.4 Å². The fourth-order valence-electron chi connectivity index (χ4n) is 4.97. The van der Waals surface area contributed by atoms with E-state index < -0.39 is 23.9 Å². The first-order valence-electron chi connectivity index (χ1n) is 12.5. The molecule has 1 aromatic heterocycles. The summed E-state index contributed by atoms with van der Waals surface area (Å²) in [4.78, 5) is 55.4. The molecule has 2 atom stereocenters. The summed E-state index contributed by atoms with van der Waals surface area (Å²) in [6.45, 7) is 0.484. The first-order valence-corrected chi connectivity index (χ1v) is 13.4. The number of thiophene rings is 1. The van der Waals surface area contributed by atoms with Crippen LogP contribution < -0.4 is 16.4 Å². The third-order valence-electron chi connectivity index (χ3n) is 6.94. The minimum atomic E-state index is -0.942. The lowest BCUT2D eigenvalue weighted by Crippen LogP contribution is -2.63. The van der Waals surface area contributed by atoms with Crippen molar-refractivity contribution in [2.75, 3.05) is 25.0 Å². The zero-order valence-corrected chi connectivity index (χ0v) is 21.0. The van der Waals surface area contributed by atoms with Gasteiger partial charge in [-0.2, -0.15) is 0 Å². The van der Waals surface area contributed by atoms with Crippen molar-refractivity contribution in [3.05, 3.63) is 52.7 Å². The molecule has 2 heterocycles. The van der Waals surface area contributed by atoms with Crippen molar-refractivity contribution in [1.29, 1.82) is 0 Å². The molecule has 1 aliphatic heterocycles. The van der Waals surface area contributed by atoms with Gasteiger partial charge in [-0.05, 0) is 35.9 Å². The van der Waals surface area contributed by atoms with Crippen LogP contribution in [0.15, 0.2) is 47.8 Å². The Bertz CT molecular complexity index is 1060. The zero-order chi connectivity index (χ0) is 25.5. The molecule has 10 heteroatoms. The molecule has 0 bridgehead atoms. The standard InChI is InChI=1S/C26H33N5O4S/c27-23(32)20(16-18-8-3-1-4-9-18)29-24(33)21-17-30(26(35)28-19-10-5-2-6-11-19)13-14-31(21)25(34)22-12-7-15-36-22/h2,5-7,10-12,15,18,20-21H,1,3-4,8-9,13-14,16-17H2,(H2,27,32)(H,28,35)(H,29,33). The number of primary amides is 1. The molecule has 9 nitrogen and oxygen atoms in total. The van der Waals surface area contributed by atoms with Crippen LogP contribution in [-0.2, 0) is 9.59 Å². The van der Waals surface area contributed by atoms with Crippen LogP contribution in [0.2, 0.25) is 0 Å². The van der Waals surface area contributed by atoms with Crippen molar-refractivity contribution < 1.29 is 19.2 Å². The Morgan fingerprint density at radius 1 is 1.00 bits per heavy atom. The van der Waals surface area contributed by atoms with E-state index in [0.29, 0.717) is 22.9 Å². The minimum absolute atomic E-state index is 0.0104. The zero-order valence-electron chi connectivity index (χ0n) is 20.2. The van der Waals surface area contributed by atoms with Crippen LogP contribution in [-0.4, -0.2) is 65.3 Å². The molecular weight excluding hydrogens is 478 g/mol. The summed E-state index contributed by atoms with van der Waals surface area (Å²) in [7, 11) is 0. The molecule has 2 aromatic rings. The van der Waals surface area contributed by atoms with Crippen LogP contribution >= 0.6 is 11.3 Å². The van der Waals surface area contributed by atoms with Crippen LogP contribution in [0.5, 0.6) is 0 Å². The van der Waals surface area contributed by atoms with Crippen molar-refractivity contribution in [2.24, 2.45) is 11.7 Å². The maximum atomic E-state index is 13.5. The Balaban J connectivity index is 1.49. The lowest BCUT2D eigenvalue weighted by molar-refractivity contribution is -0.131. The third-order valence-corrected chi connectivity index (χ3v) is 7.80. The molecule has 5 amide bonds. The molecule has 1 aliphatic carbocycles. The number of amides is 5. The van der Waals surface area contributed by atoms with Gasteiger partial charge in [0.15, 0.2) is 0 Å². The van der Waals surface area contributed by atoms with Gasteiger partial charge in [0.25, 0.3) is 5.91 Å². The minimum Gasteiger partial charge on any atom is -0.368 e. The van der Waals surface area contributed by atoms with E-state index in [1.54, 1.807) is 29.6 Å². The average Bonchev–Trinajstić information content (AvgIpc) is 3.44. The summed E-state index contributed by atoms with van der Waals surface area (Å²) in [5.41, 5.74) is 6.30. The molecule has 4 rings (SSSR count). The predicted octanol–water partition coefficient (Wildman–Crippen LogP) is 3.05. The van der Waals surface area contributed by atoms with Gasteiger partial charge in [0.05, 0.1) is 11.4 Å². The summed E-state index contributed by atoms with van der Waals surface area (Å²) >= 11 is 1.30. The highest BCUT2D eigenvalue weighted by Gasteiger charge is 2.39. The highest BCUT2D eigenvalue weighted by atomic mass is 32.1. The molecule has 1 saturated heterocycles. The molecule has 192 valence electrons. The third kappa shape index (κ3) is 6.42. The Morgan fingerprint density at radius 2 is 1.75 bits per heavy atom. The van der Waals surface area contributed by atoms with E-state index in [1.165, 1.54) is 27.6 Å². The van der Waals surface area contributed by atoms with Crippen molar-refractivity contribution >= 4 is 40.8 Å². The number of piperazine rings is 1. The maximum absolute atomic E-state index is 13.5. The van der Waals surface area contributed by atoms with Gasteiger partial charge in [-0.25, -0.2) is 4.79 Å². The normalized spacial score (nSPS) is 19.4. The van der Waals surface area contributed by atoms with Crippen LogP contribution in [0.4, 0.5) is 10.5 Å². The summed E-state index contributed by atoms with van der Waals surface area (Å²) < 4.78 is 0. The number of urea groups is 1. The Morgan fingerprint density at radius 3 is 2.42 bits per heavy atom. The largest absolute Gasteiger partial charge is 0.368 e. The van der Waals surface area contributed by atoms with Crippen LogP contribution in [0.25, 0.3) is 0 Å². The van der Waals surface area contributed by atoms with E-state index in [9.17, 15) is 19.2 Å². The van der Waals surface area contributed by atoms with E-state index >= 15 is 0 Å². The van der Waals surface area contributed by atoms with E-state index in [0.717, 1.165) is 25.7 Å². The topological polar surface area (TPSA) is 125 Å². The van der Waals surface area contributed by atoms with Crippen LogP contribution in [0, 0.1) is 5.92 Å². The summed E-state index contributed by atoms with van der Waals surface area (Å²) in [6.07, 6.45) is 5.93. The van der Waals surface area contributed by atoms with Crippen LogP contribution in [0.3, 0.4) is 0 Å². The number of nitrogens with zero attached hydrogens (tertiary/aromatic N) is 2. The fourth-order valence-corrected chi connectivity index (χ4v) is 5.65. The number of carbonyl (C=O) groups is 4. The molecule has 1 saturated carbocycles. The smallest absolute Gasteiger partial charge is 0.321 e. The molecule has 36 heavy (non-hydrogen) atoms. The van der Waals surface area contributed by atoms with Crippen molar-refractivity contribution in [2.45, 2.75) is 50.6 Å². The number of rotatable bonds is 7. The monoisotopic (exact) mass is 511 g/mol. The fraction of sp³-hybridized carbons (Fsp3) is 0.462. The number of nitrogens with one attached hydrogen (secondary N) is 2. The van der Waals surface area contributed by atoms with Gasteiger partial charge in [-0.15, -0.1) is 11.3 Å². The molecular formula is C26H33N5O4S. The summed E-state index contributed by atoms with van der Waals surface area (Å²) in [5, 5.41) is 7.45. The number of hydrogen-bond donors (Lipinski definition) is 3. The highest BCUT2D eigenvalue weighted by Crippen LogP contribution is 2.27. The molecule has 4 N–H and O–H groups in total. The number of anilines is 1. The Labute approximate surface area is 215 Å². The van der Waals surface area contributed by atoms with E-state index in [2.05, 4.69) is 10.6 Å². The molecule has 0 spiro atoms. The van der Waals surface area contributed by atoms with Gasteiger partial charge in [0.1, 0.15) is 12.1 Å². The second kappa shape index (κ2) is 12.0. The van der Waals surface area contributed by atoms with Gasteiger partial charge in [0, 0.05) is 18.8 Å². The van der Waals surface area contributed by atoms with Crippen molar-refractivity contribution in [3.63, 3.8) is 0 Å². The first-order chi connectivity index (χ1) is 17.4. The van der Waals surface area contributed by atoms with E-state index in [-0.39, 0.29) is 31.6 Å². The summed E-state index contributed by atoms with van der Waals surface area (Å²) in [5.74, 6) is -0.993. The number of benzene rings is 1. The Hall–Kier alpha value is -3.40. The lowest BCUT2D eigenvalue weighted by atomic mass is 9.84. The SMILES string of the molecule is NC(=O)C(CC1CCCCC1)NC(=O)C1CN(C(=O)Nc2ccccc2)CCN1C(=O)c1cccs1. The highest BCUT2D eigenvalue weighted by molar-refractivity contribution is 7.12. The number of carbonyl (C=O) groups excluding carboxylic acids is 4.